The minimum Gasteiger partial charge on any atom is -0.296 e. The summed E-state index contributed by atoms with van der Waals surface area (Å²) in [6, 6.07) is 10.9. The molecule has 128 valence electrons. The fraction of sp³-hybridized carbons (Fsp3) is 0.0625. The summed E-state index contributed by atoms with van der Waals surface area (Å²) in [7, 11) is 0. The van der Waals surface area contributed by atoms with E-state index >= 15 is 0 Å². The van der Waals surface area contributed by atoms with Crippen molar-refractivity contribution >= 4 is 57.3 Å². The molecular formula is C16H10Cl2FN3OS2. The van der Waals surface area contributed by atoms with Crippen molar-refractivity contribution < 1.29 is 9.18 Å². The maximum atomic E-state index is 12.9. The third-order valence-corrected chi connectivity index (χ3v) is 5.87. The number of amides is 1. The van der Waals surface area contributed by atoms with Crippen LogP contribution in [0.2, 0.25) is 10.0 Å². The summed E-state index contributed by atoms with van der Waals surface area (Å²) in [4.78, 5) is 12.2. The Balaban J connectivity index is 1.60. The number of hydrogen-bond donors (Lipinski definition) is 1. The molecule has 0 unspecified atom stereocenters. The molecule has 0 saturated heterocycles. The van der Waals surface area contributed by atoms with Gasteiger partial charge in [0.1, 0.15) is 5.82 Å². The Morgan fingerprint density at radius 3 is 2.60 bits per heavy atom. The normalized spacial score (nSPS) is 10.7. The number of aromatic nitrogens is 2. The molecule has 1 N–H and O–H groups in total. The Morgan fingerprint density at radius 1 is 1.12 bits per heavy atom. The number of hydrogen-bond acceptors (Lipinski definition) is 5. The first kappa shape index (κ1) is 18.1. The number of thioether (sulfide) groups is 1. The number of halogens is 3. The number of carbonyl (C=O) groups excluding carboxylic acids is 1. The van der Waals surface area contributed by atoms with Crippen LogP contribution in [0.1, 0.15) is 15.9 Å². The van der Waals surface area contributed by atoms with Gasteiger partial charge in [-0.2, -0.15) is 0 Å². The third kappa shape index (κ3) is 4.92. The molecule has 0 aliphatic heterocycles. The molecule has 1 amide bonds. The number of nitrogens with one attached hydrogen (secondary N) is 1. The average molecular weight is 414 g/mol. The average Bonchev–Trinajstić information content (AvgIpc) is 3.04. The number of benzene rings is 2. The summed E-state index contributed by atoms with van der Waals surface area (Å²) < 4.78 is 13.6. The Bertz CT molecular complexity index is 903. The topological polar surface area (TPSA) is 54.9 Å². The molecule has 3 rings (SSSR count). The second-order valence-electron chi connectivity index (χ2n) is 4.87. The van der Waals surface area contributed by atoms with Gasteiger partial charge in [-0.1, -0.05) is 58.4 Å². The summed E-state index contributed by atoms with van der Waals surface area (Å²) in [6.45, 7) is 0. The van der Waals surface area contributed by atoms with Crippen LogP contribution in [0.4, 0.5) is 9.52 Å². The van der Waals surface area contributed by atoms with E-state index in [1.54, 1.807) is 24.3 Å². The van der Waals surface area contributed by atoms with Gasteiger partial charge in [-0.3, -0.25) is 10.1 Å². The van der Waals surface area contributed by atoms with Crippen LogP contribution >= 0.6 is 46.3 Å². The highest BCUT2D eigenvalue weighted by Gasteiger charge is 2.12. The second-order valence-corrected chi connectivity index (χ2v) is 7.89. The van der Waals surface area contributed by atoms with Crippen molar-refractivity contribution in [1.29, 1.82) is 0 Å². The standard InChI is InChI=1S/C16H10Cl2FN3OS2/c17-12-6-3-10(7-13(12)18)14(23)20-15-21-22-16(25-15)24-8-9-1-4-11(19)5-2-9/h1-7H,8H2,(H,20,21,23). The second kappa shape index (κ2) is 8.14. The fourth-order valence-corrected chi connectivity index (χ4v) is 3.85. The Kier molecular flexibility index (Phi) is 5.90. The minimum absolute atomic E-state index is 0.267. The van der Waals surface area contributed by atoms with Gasteiger partial charge in [-0.15, -0.1) is 10.2 Å². The predicted octanol–water partition coefficient (Wildman–Crippen LogP) is 5.53. The summed E-state index contributed by atoms with van der Waals surface area (Å²) in [5, 5.41) is 11.7. The van der Waals surface area contributed by atoms with Crippen molar-refractivity contribution in [2.75, 3.05) is 5.32 Å². The molecular weight excluding hydrogens is 404 g/mol. The first-order valence-corrected chi connectivity index (χ1v) is 9.54. The van der Waals surface area contributed by atoms with Gasteiger partial charge in [-0.25, -0.2) is 4.39 Å². The van der Waals surface area contributed by atoms with Crippen LogP contribution in [0, 0.1) is 5.82 Å². The molecule has 0 aliphatic rings. The van der Waals surface area contributed by atoms with Crippen LogP contribution in [0.3, 0.4) is 0 Å². The monoisotopic (exact) mass is 413 g/mol. The highest BCUT2D eigenvalue weighted by Crippen LogP contribution is 2.29. The van der Waals surface area contributed by atoms with Crippen LogP contribution in [-0.2, 0) is 5.75 Å². The molecule has 9 heteroatoms. The van der Waals surface area contributed by atoms with Crippen molar-refractivity contribution in [3.05, 3.63) is 69.5 Å². The van der Waals surface area contributed by atoms with E-state index in [9.17, 15) is 9.18 Å². The van der Waals surface area contributed by atoms with Crippen LogP contribution in [0.25, 0.3) is 0 Å². The molecule has 1 heterocycles. The van der Waals surface area contributed by atoms with Crippen molar-refractivity contribution in [2.45, 2.75) is 10.1 Å². The van der Waals surface area contributed by atoms with E-state index < -0.39 is 0 Å². The zero-order valence-corrected chi connectivity index (χ0v) is 15.6. The summed E-state index contributed by atoms with van der Waals surface area (Å²) in [5.41, 5.74) is 1.35. The van der Waals surface area contributed by atoms with E-state index in [2.05, 4.69) is 15.5 Å². The van der Waals surface area contributed by atoms with E-state index in [0.717, 1.165) is 5.56 Å². The van der Waals surface area contributed by atoms with Crippen LogP contribution in [0.5, 0.6) is 0 Å². The largest absolute Gasteiger partial charge is 0.296 e. The van der Waals surface area contributed by atoms with E-state index in [4.69, 9.17) is 23.2 Å². The number of carbonyl (C=O) groups is 1. The SMILES string of the molecule is O=C(Nc1nnc(SCc2ccc(F)cc2)s1)c1ccc(Cl)c(Cl)c1. The molecule has 0 spiro atoms. The molecule has 0 bridgehead atoms. The lowest BCUT2D eigenvalue weighted by molar-refractivity contribution is 0.102. The third-order valence-electron chi connectivity index (χ3n) is 3.08. The highest BCUT2D eigenvalue weighted by atomic mass is 35.5. The van der Waals surface area contributed by atoms with Crippen LogP contribution in [-0.4, -0.2) is 16.1 Å². The van der Waals surface area contributed by atoms with Gasteiger partial charge in [0.2, 0.25) is 5.13 Å². The van der Waals surface area contributed by atoms with Gasteiger partial charge in [0.15, 0.2) is 4.34 Å². The van der Waals surface area contributed by atoms with Crippen LogP contribution in [0.15, 0.2) is 46.8 Å². The lowest BCUT2D eigenvalue weighted by atomic mass is 10.2. The molecule has 25 heavy (non-hydrogen) atoms. The van der Waals surface area contributed by atoms with Gasteiger partial charge < -0.3 is 0 Å². The highest BCUT2D eigenvalue weighted by molar-refractivity contribution is 8.00. The predicted molar refractivity (Wildman–Crippen MR) is 100 cm³/mol. The van der Waals surface area contributed by atoms with Gasteiger partial charge >= 0.3 is 0 Å². The molecule has 4 nitrogen and oxygen atoms in total. The van der Waals surface area contributed by atoms with Crippen molar-refractivity contribution in [3.63, 3.8) is 0 Å². The lowest BCUT2D eigenvalue weighted by Crippen LogP contribution is -2.11. The summed E-state index contributed by atoms with van der Waals surface area (Å²) in [5.74, 6) is 0.0251. The lowest BCUT2D eigenvalue weighted by Gasteiger charge is -2.02. The van der Waals surface area contributed by atoms with Gasteiger partial charge in [0.25, 0.3) is 5.91 Å². The maximum Gasteiger partial charge on any atom is 0.257 e. The first-order chi connectivity index (χ1) is 12.0. The van der Waals surface area contributed by atoms with Gasteiger partial charge in [0.05, 0.1) is 10.0 Å². The number of nitrogens with zero attached hydrogens (tertiary/aromatic N) is 2. The van der Waals surface area contributed by atoms with Crippen molar-refractivity contribution in [1.82, 2.24) is 10.2 Å². The maximum absolute atomic E-state index is 12.9. The summed E-state index contributed by atoms with van der Waals surface area (Å²) >= 11 is 14.5. The smallest absolute Gasteiger partial charge is 0.257 e. The minimum atomic E-state index is -0.343. The van der Waals surface area contributed by atoms with Crippen LogP contribution < -0.4 is 5.32 Å². The zero-order chi connectivity index (χ0) is 17.8. The Morgan fingerprint density at radius 2 is 1.88 bits per heavy atom. The Hall–Kier alpha value is -1.67. The fourth-order valence-electron chi connectivity index (χ4n) is 1.85. The van der Waals surface area contributed by atoms with Gasteiger partial charge in [0, 0.05) is 11.3 Å². The van der Waals surface area contributed by atoms with Gasteiger partial charge in [-0.05, 0) is 35.9 Å². The van der Waals surface area contributed by atoms with E-state index in [1.807, 2.05) is 0 Å². The molecule has 3 aromatic rings. The zero-order valence-electron chi connectivity index (χ0n) is 12.5. The Labute approximate surface area is 161 Å². The molecule has 0 aliphatic carbocycles. The summed E-state index contributed by atoms with van der Waals surface area (Å²) in [6.07, 6.45) is 0. The molecule has 0 saturated carbocycles. The first-order valence-electron chi connectivity index (χ1n) is 6.98. The molecule has 1 aromatic heterocycles. The van der Waals surface area contributed by atoms with E-state index in [0.29, 0.717) is 30.8 Å². The number of rotatable bonds is 5. The quantitative estimate of drug-likeness (QED) is 0.441. The van der Waals surface area contributed by atoms with E-state index in [-0.39, 0.29) is 11.7 Å². The molecule has 0 fully saturated rings. The van der Waals surface area contributed by atoms with Crippen molar-refractivity contribution in [2.24, 2.45) is 0 Å². The van der Waals surface area contributed by atoms with Crippen molar-refractivity contribution in [3.8, 4) is 0 Å². The molecule has 0 radical (unpaired) electrons. The molecule has 2 aromatic carbocycles. The number of anilines is 1. The van der Waals surface area contributed by atoms with E-state index in [1.165, 1.54) is 41.3 Å². The molecule has 0 atom stereocenters.